The molecular weight excluding hydrogens is 306 g/mol. The molecular formula is C15H19NO3S2. The van der Waals surface area contributed by atoms with Gasteiger partial charge in [-0.05, 0) is 37.5 Å². The number of benzene rings is 1. The summed E-state index contributed by atoms with van der Waals surface area (Å²) in [6.07, 6.45) is 3.57. The summed E-state index contributed by atoms with van der Waals surface area (Å²) in [4.78, 5) is 14.4. The number of carbonyl (C=O) groups excluding carboxylic acids is 1. The van der Waals surface area contributed by atoms with Gasteiger partial charge in [-0.1, -0.05) is 24.0 Å². The standard InChI is InChI=1S/C15H19NO3S2/c1-19-11-5-6-13(17)12(9-11)14(18)10-21-15(20)16-7-3-2-4-8-16/h5-6,9,17H,2-4,7-8,10H2,1H3. The maximum Gasteiger partial charge on any atom is 0.177 e. The topological polar surface area (TPSA) is 49.8 Å². The molecule has 4 nitrogen and oxygen atoms in total. The van der Waals surface area contributed by atoms with Crippen molar-refractivity contribution in [2.75, 3.05) is 26.0 Å². The number of carbonyl (C=O) groups is 1. The Hall–Kier alpha value is -1.27. The molecule has 0 aromatic heterocycles. The predicted molar refractivity (Wildman–Crippen MR) is 89.5 cm³/mol. The van der Waals surface area contributed by atoms with Crippen molar-refractivity contribution in [3.05, 3.63) is 23.8 Å². The van der Waals surface area contributed by atoms with Crippen LogP contribution < -0.4 is 4.74 Å². The molecule has 1 aliphatic rings. The fourth-order valence-corrected chi connectivity index (χ4v) is 3.37. The molecule has 1 N–H and O–H groups in total. The lowest BCUT2D eigenvalue weighted by Crippen LogP contribution is -2.33. The van der Waals surface area contributed by atoms with Gasteiger partial charge >= 0.3 is 0 Å². The molecule has 1 aliphatic heterocycles. The molecule has 0 atom stereocenters. The first-order chi connectivity index (χ1) is 10.1. The van der Waals surface area contributed by atoms with E-state index >= 15 is 0 Å². The Balaban J connectivity index is 1.93. The van der Waals surface area contributed by atoms with Gasteiger partial charge in [-0.25, -0.2) is 0 Å². The second kappa shape index (κ2) is 7.66. The van der Waals surface area contributed by atoms with Gasteiger partial charge in [-0.2, -0.15) is 0 Å². The highest BCUT2D eigenvalue weighted by atomic mass is 32.2. The fourth-order valence-electron chi connectivity index (χ4n) is 2.24. The second-order valence-corrected chi connectivity index (χ2v) is 6.52. The van der Waals surface area contributed by atoms with Crippen LogP contribution >= 0.6 is 24.0 Å². The van der Waals surface area contributed by atoms with Crippen LogP contribution in [0, 0.1) is 0 Å². The van der Waals surface area contributed by atoms with Crippen molar-refractivity contribution in [3.8, 4) is 11.5 Å². The molecule has 1 heterocycles. The average Bonchev–Trinajstić information content (AvgIpc) is 2.53. The molecule has 2 rings (SSSR count). The quantitative estimate of drug-likeness (QED) is 0.678. The van der Waals surface area contributed by atoms with Crippen molar-refractivity contribution in [3.63, 3.8) is 0 Å². The summed E-state index contributed by atoms with van der Waals surface area (Å²) in [5, 5.41) is 9.79. The molecule has 0 saturated carbocycles. The highest BCUT2D eigenvalue weighted by molar-refractivity contribution is 8.23. The number of piperidine rings is 1. The van der Waals surface area contributed by atoms with Crippen LogP contribution in [0.5, 0.6) is 11.5 Å². The van der Waals surface area contributed by atoms with Crippen LogP contribution in [-0.4, -0.2) is 46.1 Å². The molecule has 0 unspecified atom stereocenters. The zero-order valence-corrected chi connectivity index (χ0v) is 13.6. The number of aromatic hydroxyl groups is 1. The smallest absolute Gasteiger partial charge is 0.177 e. The lowest BCUT2D eigenvalue weighted by atomic mass is 10.1. The summed E-state index contributed by atoms with van der Waals surface area (Å²) in [7, 11) is 1.53. The van der Waals surface area contributed by atoms with Crippen molar-refractivity contribution < 1.29 is 14.6 Å². The molecule has 0 bridgehead atoms. The maximum absolute atomic E-state index is 12.2. The molecule has 21 heavy (non-hydrogen) atoms. The minimum absolute atomic E-state index is 0.0229. The van der Waals surface area contributed by atoms with Crippen molar-refractivity contribution in [2.24, 2.45) is 0 Å². The Morgan fingerprint density at radius 1 is 1.38 bits per heavy atom. The molecule has 114 valence electrons. The number of phenols is 1. The Kier molecular flexibility index (Phi) is 5.87. The van der Waals surface area contributed by atoms with E-state index in [1.54, 1.807) is 12.1 Å². The minimum atomic E-state index is -0.143. The number of thiocarbonyl (C=S) groups is 1. The minimum Gasteiger partial charge on any atom is -0.507 e. The zero-order chi connectivity index (χ0) is 15.2. The number of phenolic OH excluding ortho intramolecular Hbond substituents is 1. The number of nitrogens with zero attached hydrogens (tertiary/aromatic N) is 1. The SMILES string of the molecule is COc1ccc(O)c(C(=O)CSC(=S)N2CCCCC2)c1. The van der Waals surface area contributed by atoms with Gasteiger partial charge in [0.2, 0.25) is 0 Å². The van der Waals surface area contributed by atoms with E-state index in [0.29, 0.717) is 5.75 Å². The van der Waals surface area contributed by atoms with Crippen molar-refractivity contribution in [2.45, 2.75) is 19.3 Å². The number of Topliss-reactive ketones (excluding diaryl/α,β-unsaturated/α-hetero) is 1. The third-order valence-electron chi connectivity index (χ3n) is 3.45. The Morgan fingerprint density at radius 2 is 2.10 bits per heavy atom. The fraction of sp³-hybridized carbons (Fsp3) is 0.467. The van der Waals surface area contributed by atoms with Gasteiger partial charge in [0.25, 0.3) is 0 Å². The molecule has 6 heteroatoms. The van der Waals surface area contributed by atoms with Crippen LogP contribution in [0.25, 0.3) is 0 Å². The van der Waals surface area contributed by atoms with E-state index in [0.717, 1.165) is 30.3 Å². The summed E-state index contributed by atoms with van der Waals surface area (Å²) < 4.78 is 5.85. The number of likely N-dealkylation sites (tertiary alicyclic amines) is 1. The first-order valence-electron chi connectivity index (χ1n) is 6.93. The summed E-state index contributed by atoms with van der Waals surface area (Å²) >= 11 is 6.74. The number of ketones is 1. The number of hydrogen-bond donors (Lipinski definition) is 1. The number of hydrogen-bond acceptors (Lipinski definition) is 5. The van der Waals surface area contributed by atoms with Crippen molar-refractivity contribution >= 4 is 34.1 Å². The van der Waals surface area contributed by atoms with Gasteiger partial charge in [0.15, 0.2) is 5.78 Å². The molecule has 1 fully saturated rings. The van der Waals surface area contributed by atoms with E-state index < -0.39 is 0 Å². The van der Waals surface area contributed by atoms with Crippen LogP contribution in [0.2, 0.25) is 0 Å². The molecule has 1 aromatic rings. The van der Waals surface area contributed by atoms with Gasteiger partial charge in [0.1, 0.15) is 15.8 Å². The van der Waals surface area contributed by atoms with Crippen molar-refractivity contribution in [1.29, 1.82) is 0 Å². The average molecular weight is 325 g/mol. The third-order valence-corrected chi connectivity index (χ3v) is 4.97. The van der Waals surface area contributed by atoms with E-state index in [1.807, 2.05) is 0 Å². The van der Waals surface area contributed by atoms with Crippen LogP contribution in [0.1, 0.15) is 29.6 Å². The second-order valence-electron chi connectivity index (χ2n) is 4.91. The number of thioether (sulfide) groups is 1. The molecule has 0 amide bonds. The Bertz CT molecular complexity index is 528. The van der Waals surface area contributed by atoms with Crippen LogP contribution in [-0.2, 0) is 0 Å². The Labute approximate surface area is 134 Å². The Morgan fingerprint density at radius 3 is 2.76 bits per heavy atom. The van der Waals surface area contributed by atoms with E-state index in [-0.39, 0.29) is 22.8 Å². The van der Waals surface area contributed by atoms with E-state index in [1.165, 1.54) is 31.4 Å². The van der Waals surface area contributed by atoms with Gasteiger partial charge in [-0.15, -0.1) is 0 Å². The third kappa shape index (κ3) is 4.35. The summed E-state index contributed by atoms with van der Waals surface area (Å²) in [5.41, 5.74) is 0.281. The molecule has 1 aromatic carbocycles. The molecule has 0 spiro atoms. The highest BCUT2D eigenvalue weighted by Gasteiger charge is 2.17. The van der Waals surface area contributed by atoms with E-state index in [9.17, 15) is 9.90 Å². The maximum atomic E-state index is 12.2. The predicted octanol–water partition coefficient (Wildman–Crippen LogP) is 3.09. The van der Waals surface area contributed by atoms with Crippen LogP contribution in [0.4, 0.5) is 0 Å². The van der Waals surface area contributed by atoms with Gasteiger partial charge in [0.05, 0.1) is 18.4 Å². The monoisotopic (exact) mass is 325 g/mol. The summed E-state index contributed by atoms with van der Waals surface area (Å²) in [5.74, 6) is 0.622. The largest absolute Gasteiger partial charge is 0.507 e. The lowest BCUT2D eigenvalue weighted by molar-refractivity contribution is 0.102. The summed E-state index contributed by atoms with van der Waals surface area (Å²) in [6.45, 7) is 1.95. The lowest BCUT2D eigenvalue weighted by Gasteiger charge is -2.28. The molecule has 1 saturated heterocycles. The number of ether oxygens (including phenoxy) is 1. The number of rotatable bonds is 4. The van der Waals surface area contributed by atoms with E-state index in [2.05, 4.69) is 4.90 Å². The van der Waals surface area contributed by atoms with E-state index in [4.69, 9.17) is 17.0 Å². The summed E-state index contributed by atoms with van der Waals surface area (Å²) in [6, 6.07) is 4.65. The zero-order valence-electron chi connectivity index (χ0n) is 12.0. The highest BCUT2D eigenvalue weighted by Crippen LogP contribution is 2.25. The van der Waals surface area contributed by atoms with Crippen molar-refractivity contribution in [1.82, 2.24) is 4.90 Å². The molecule has 0 radical (unpaired) electrons. The van der Waals surface area contributed by atoms with Crippen LogP contribution in [0.3, 0.4) is 0 Å². The molecule has 0 aliphatic carbocycles. The van der Waals surface area contributed by atoms with Gasteiger partial charge < -0.3 is 14.7 Å². The van der Waals surface area contributed by atoms with Gasteiger partial charge in [-0.3, -0.25) is 4.79 Å². The number of methoxy groups -OCH3 is 1. The normalized spacial score (nSPS) is 14.8. The first kappa shape index (κ1) is 16.1. The first-order valence-corrected chi connectivity index (χ1v) is 8.33. The van der Waals surface area contributed by atoms with Crippen LogP contribution in [0.15, 0.2) is 18.2 Å². The van der Waals surface area contributed by atoms with Gasteiger partial charge in [0, 0.05) is 13.1 Å².